The average Bonchev–Trinajstić information content (AvgIpc) is 2.14. The molecular weight excluding hydrogens is 214 g/mol. The summed E-state index contributed by atoms with van der Waals surface area (Å²) in [6.07, 6.45) is -0.564. The highest BCUT2D eigenvalue weighted by Crippen LogP contribution is 2.30. The molecule has 1 fully saturated rings. The number of carbonyl (C=O) groups is 1. The predicted molar refractivity (Wildman–Crippen MR) is 58.3 cm³/mol. The molecule has 1 heterocycles. The maximum atomic E-state index is 12.9. The van der Waals surface area contributed by atoms with Crippen LogP contribution in [0.15, 0.2) is 0 Å². The number of rotatable bonds is 1. The van der Waals surface area contributed by atoms with Gasteiger partial charge >= 0.3 is 0 Å². The van der Waals surface area contributed by atoms with Crippen LogP contribution in [0.1, 0.15) is 33.6 Å². The first kappa shape index (κ1) is 13.4. The quantitative estimate of drug-likeness (QED) is 0.686. The second kappa shape index (κ2) is 4.28. The van der Waals surface area contributed by atoms with Gasteiger partial charge in [0.05, 0.1) is 0 Å². The summed E-state index contributed by atoms with van der Waals surface area (Å²) in [5.41, 5.74) is 7.34. The van der Waals surface area contributed by atoms with Crippen LogP contribution >= 0.6 is 0 Å². The molecule has 0 aliphatic carbocycles. The number of alkyl halides is 2. The van der Waals surface area contributed by atoms with E-state index >= 15 is 0 Å². The van der Waals surface area contributed by atoms with Crippen molar-refractivity contribution in [2.75, 3.05) is 13.1 Å². The van der Waals surface area contributed by atoms with Crippen LogP contribution in [0.3, 0.4) is 0 Å². The molecule has 3 nitrogen and oxygen atoms in total. The number of hydrogen-bond acceptors (Lipinski definition) is 1. The number of carbonyl (C=O) groups excluding carboxylic acids is 1. The zero-order valence-corrected chi connectivity index (χ0v) is 10.0. The summed E-state index contributed by atoms with van der Waals surface area (Å²) < 4.78 is 25.8. The molecule has 1 aliphatic heterocycles. The molecule has 1 N–H and O–H groups in total. The van der Waals surface area contributed by atoms with Crippen molar-refractivity contribution in [1.29, 1.82) is 0 Å². The lowest BCUT2D eigenvalue weighted by Gasteiger charge is -2.40. The summed E-state index contributed by atoms with van der Waals surface area (Å²) in [6, 6.07) is -0.876. The molecular formula is C11H19F2N2O-. The number of nitrogens with zero attached hydrogens (tertiary/aromatic N) is 1. The van der Waals surface area contributed by atoms with E-state index in [-0.39, 0.29) is 31.8 Å². The molecule has 1 saturated heterocycles. The number of likely N-dealkylation sites (tertiary alicyclic amines) is 1. The Balaban J connectivity index is 2.58. The summed E-state index contributed by atoms with van der Waals surface area (Å²) >= 11 is 0. The molecule has 0 aromatic carbocycles. The number of nitrogens with one attached hydrogen (secondary N) is 1. The number of hydrogen-bond donors (Lipinski definition) is 0. The first-order valence-electron chi connectivity index (χ1n) is 5.51. The molecule has 1 amide bonds. The van der Waals surface area contributed by atoms with Gasteiger partial charge in [-0.25, -0.2) is 8.78 Å². The molecule has 0 aromatic heterocycles. The van der Waals surface area contributed by atoms with Crippen molar-refractivity contribution in [2.24, 2.45) is 5.41 Å². The van der Waals surface area contributed by atoms with Crippen molar-refractivity contribution < 1.29 is 13.6 Å². The molecule has 1 aliphatic rings. The lowest BCUT2D eigenvalue weighted by molar-refractivity contribution is -0.139. The van der Waals surface area contributed by atoms with Crippen molar-refractivity contribution in [2.45, 2.75) is 45.6 Å². The summed E-state index contributed by atoms with van der Waals surface area (Å²) in [7, 11) is 0. The molecule has 1 rings (SSSR count). The first-order valence-corrected chi connectivity index (χ1v) is 5.51. The molecule has 0 saturated carbocycles. The van der Waals surface area contributed by atoms with Crippen LogP contribution in [0.2, 0.25) is 0 Å². The van der Waals surface area contributed by atoms with Gasteiger partial charge in [-0.15, -0.1) is 0 Å². The Morgan fingerprint density at radius 3 is 2.12 bits per heavy atom. The third-order valence-electron chi connectivity index (χ3n) is 2.92. The summed E-state index contributed by atoms with van der Waals surface area (Å²) in [5, 5.41) is 0. The van der Waals surface area contributed by atoms with Crippen LogP contribution in [0.5, 0.6) is 0 Å². The Bertz CT molecular complexity index is 264. The highest BCUT2D eigenvalue weighted by molar-refractivity contribution is 5.84. The standard InChI is InChI=1S/C11H19F2N2O/c1-10(2,3)8(14)9(16)15-6-4-11(12,13)5-7-15/h8,14H,4-7H2,1-3H3/q-1/t8-/m0/s1. The third kappa shape index (κ3) is 3.14. The molecule has 0 radical (unpaired) electrons. The highest BCUT2D eigenvalue weighted by atomic mass is 19.3. The van der Waals surface area contributed by atoms with E-state index < -0.39 is 17.4 Å². The van der Waals surface area contributed by atoms with Gasteiger partial charge in [0, 0.05) is 25.9 Å². The van der Waals surface area contributed by atoms with Crippen LogP contribution in [0, 0.1) is 5.41 Å². The Hall–Kier alpha value is -0.710. The van der Waals surface area contributed by atoms with Gasteiger partial charge in [0.2, 0.25) is 5.91 Å². The normalized spacial score (nSPS) is 23.0. The second-order valence-corrected chi connectivity index (χ2v) is 5.48. The predicted octanol–water partition coefficient (Wildman–Crippen LogP) is 2.71. The minimum absolute atomic E-state index is 0.0668. The molecule has 0 spiro atoms. The fourth-order valence-corrected chi connectivity index (χ4v) is 1.61. The highest BCUT2D eigenvalue weighted by Gasteiger charge is 2.36. The molecule has 1 atom stereocenters. The van der Waals surface area contributed by atoms with Gasteiger partial charge in [-0.1, -0.05) is 26.8 Å². The maximum Gasteiger partial charge on any atom is 0.251 e. The van der Waals surface area contributed by atoms with Crippen molar-refractivity contribution in [3.8, 4) is 0 Å². The first-order chi connectivity index (χ1) is 7.13. The number of halogens is 2. The topological polar surface area (TPSA) is 44.1 Å². The largest absolute Gasteiger partial charge is 0.666 e. The Morgan fingerprint density at radius 1 is 1.31 bits per heavy atom. The zero-order valence-electron chi connectivity index (χ0n) is 10.0. The van der Waals surface area contributed by atoms with E-state index in [2.05, 4.69) is 0 Å². The van der Waals surface area contributed by atoms with Crippen molar-refractivity contribution >= 4 is 5.91 Å². The number of amides is 1. The van der Waals surface area contributed by atoms with Crippen LogP contribution in [-0.4, -0.2) is 35.9 Å². The van der Waals surface area contributed by atoms with Crippen LogP contribution in [0.4, 0.5) is 8.78 Å². The monoisotopic (exact) mass is 233 g/mol. The van der Waals surface area contributed by atoms with E-state index in [4.69, 9.17) is 5.73 Å². The molecule has 0 aromatic rings. The lowest BCUT2D eigenvalue weighted by Crippen LogP contribution is -2.48. The molecule has 94 valence electrons. The lowest BCUT2D eigenvalue weighted by atomic mass is 9.86. The zero-order chi connectivity index (χ0) is 12.6. The third-order valence-corrected chi connectivity index (χ3v) is 2.92. The van der Waals surface area contributed by atoms with Crippen molar-refractivity contribution in [1.82, 2.24) is 4.90 Å². The molecule has 0 unspecified atom stereocenters. The molecule has 5 heteroatoms. The van der Waals surface area contributed by atoms with E-state index in [1.807, 2.05) is 0 Å². The van der Waals surface area contributed by atoms with Gasteiger partial charge in [-0.3, -0.25) is 4.79 Å². The van der Waals surface area contributed by atoms with E-state index in [0.29, 0.717) is 0 Å². The van der Waals surface area contributed by atoms with Crippen molar-refractivity contribution in [3.05, 3.63) is 5.73 Å². The van der Waals surface area contributed by atoms with Gasteiger partial charge in [0.15, 0.2) is 0 Å². The van der Waals surface area contributed by atoms with Crippen LogP contribution in [0.25, 0.3) is 5.73 Å². The summed E-state index contributed by atoms with van der Waals surface area (Å²) in [4.78, 5) is 13.2. The van der Waals surface area contributed by atoms with E-state index in [9.17, 15) is 13.6 Å². The number of piperidine rings is 1. The fourth-order valence-electron chi connectivity index (χ4n) is 1.61. The van der Waals surface area contributed by atoms with Crippen LogP contribution in [-0.2, 0) is 4.79 Å². The van der Waals surface area contributed by atoms with Crippen molar-refractivity contribution in [3.63, 3.8) is 0 Å². The second-order valence-electron chi connectivity index (χ2n) is 5.48. The van der Waals surface area contributed by atoms with Gasteiger partial charge < -0.3 is 10.6 Å². The summed E-state index contributed by atoms with van der Waals surface area (Å²) in [6.45, 7) is 5.55. The molecule has 16 heavy (non-hydrogen) atoms. The van der Waals surface area contributed by atoms with Gasteiger partial charge in [0.25, 0.3) is 5.92 Å². The SMILES string of the molecule is CC(C)(C)[C@@H]([NH-])C(=O)N1CCC(F)(F)CC1. The van der Waals surface area contributed by atoms with E-state index in [0.717, 1.165) is 0 Å². The van der Waals surface area contributed by atoms with E-state index in [1.165, 1.54) is 4.90 Å². The minimum Gasteiger partial charge on any atom is -0.666 e. The Labute approximate surface area is 95.0 Å². The maximum absolute atomic E-state index is 12.9. The van der Waals surface area contributed by atoms with E-state index in [1.54, 1.807) is 20.8 Å². The summed E-state index contributed by atoms with van der Waals surface area (Å²) in [5.74, 6) is -2.97. The fraction of sp³-hybridized carbons (Fsp3) is 0.909. The Morgan fingerprint density at radius 2 is 1.75 bits per heavy atom. The average molecular weight is 233 g/mol. The minimum atomic E-state index is -2.64. The Kier molecular flexibility index (Phi) is 3.57. The van der Waals surface area contributed by atoms with Crippen LogP contribution < -0.4 is 0 Å². The smallest absolute Gasteiger partial charge is 0.251 e. The molecule has 0 bridgehead atoms. The van der Waals surface area contributed by atoms with Gasteiger partial charge in [-0.05, 0) is 5.41 Å². The van der Waals surface area contributed by atoms with Gasteiger partial charge in [0.1, 0.15) is 0 Å². The van der Waals surface area contributed by atoms with Gasteiger partial charge in [-0.2, -0.15) is 0 Å².